The van der Waals surface area contributed by atoms with Crippen LogP contribution in [0.5, 0.6) is 0 Å². The van der Waals surface area contributed by atoms with Crippen molar-refractivity contribution >= 4 is 0 Å². The Bertz CT molecular complexity index is 185. The molecule has 0 spiro atoms. The van der Waals surface area contributed by atoms with E-state index >= 15 is 0 Å². The molecule has 0 aromatic carbocycles. The Morgan fingerprint density at radius 1 is 1.06 bits per heavy atom. The summed E-state index contributed by atoms with van der Waals surface area (Å²) in [6, 6.07) is 0.483. The predicted octanol–water partition coefficient (Wildman–Crippen LogP) is 1.61. The molecule has 1 N–H and O–H groups in total. The molecule has 0 bridgehead atoms. The number of hydrogen-bond acceptors (Lipinski definition) is 4. The minimum absolute atomic E-state index is 0.258. The predicted molar refractivity (Wildman–Crippen MR) is 77.1 cm³/mol. The first-order valence-corrected chi connectivity index (χ1v) is 6.89. The van der Waals surface area contributed by atoms with Crippen molar-refractivity contribution in [3.8, 4) is 0 Å². The summed E-state index contributed by atoms with van der Waals surface area (Å²) >= 11 is 0. The number of nitrogens with one attached hydrogen (secondary N) is 1. The Hall–Kier alpha value is -0.160. The van der Waals surface area contributed by atoms with Crippen molar-refractivity contribution in [2.75, 3.05) is 53.6 Å². The number of rotatable bonds is 10. The number of hydrogen-bond donors (Lipinski definition) is 1. The molecule has 110 valence electrons. The van der Waals surface area contributed by atoms with E-state index in [9.17, 15) is 0 Å². The zero-order valence-corrected chi connectivity index (χ0v) is 13.1. The van der Waals surface area contributed by atoms with Crippen LogP contribution in [0.1, 0.15) is 27.7 Å². The lowest BCUT2D eigenvalue weighted by molar-refractivity contribution is 0.0937. The minimum atomic E-state index is 0.258. The van der Waals surface area contributed by atoms with E-state index in [0.29, 0.717) is 6.04 Å². The SMILES string of the molecule is CCNC(CN(CCOC)CCOC)C(C)(C)C. The van der Waals surface area contributed by atoms with E-state index in [2.05, 4.69) is 37.9 Å². The number of methoxy groups -OCH3 is 2. The monoisotopic (exact) mass is 260 g/mol. The molecule has 18 heavy (non-hydrogen) atoms. The van der Waals surface area contributed by atoms with Crippen LogP contribution in [0, 0.1) is 5.41 Å². The van der Waals surface area contributed by atoms with Crippen molar-refractivity contribution in [1.82, 2.24) is 10.2 Å². The summed E-state index contributed by atoms with van der Waals surface area (Å²) in [6.45, 7) is 14.5. The standard InChI is InChI=1S/C14H32N2O2/c1-7-15-13(14(2,3)4)12-16(8-10-17-5)9-11-18-6/h13,15H,7-12H2,1-6H3. The fourth-order valence-corrected chi connectivity index (χ4v) is 1.88. The molecule has 1 unspecified atom stereocenters. The Kier molecular flexibility index (Phi) is 9.64. The van der Waals surface area contributed by atoms with Gasteiger partial charge in [0.2, 0.25) is 0 Å². The van der Waals surface area contributed by atoms with Gasteiger partial charge >= 0.3 is 0 Å². The Labute approximate surface area is 113 Å². The van der Waals surface area contributed by atoms with Crippen LogP contribution in [0.25, 0.3) is 0 Å². The maximum absolute atomic E-state index is 5.18. The van der Waals surface area contributed by atoms with Gasteiger partial charge in [-0.05, 0) is 12.0 Å². The summed E-state index contributed by atoms with van der Waals surface area (Å²) in [5.41, 5.74) is 0.258. The van der Waals surface area contributed by atoms with E-state index < -0.39 is 0 Å². The second-order valence-electron chi connectivity index (χ2n) is 5.76. The van der Waals surface area contributed by atoms with Crippen LogP contribution < -0.4 is 5.32 Å². The summed E-state index contributed by atoms with van der Waals surface area (Å²) in [4.78, 5) is 2.41. The van der Waals surface area contributed by atoms with E-state index in [1.54, 1.807) is 14.2 Å². The van der Waals surface area contributed by atoms with Crippen LogP contribution in [0.3, 0.4) is 0 Å². The third-order valence-corrected chi connectivity index (χ3v) is 3.16. The van der Waals surface area contributed by atoms with E-state index in [0.717, 1.165) is 39.4 Å². The largest absolute Gasteiger partial charge is 0.383 e. The quantitative estimate of drug-likeness (QED) is 0.647. The highest BCUT2D eigenvalue weighted by molar-refractivity contribution is 4.83. The first kappa shape index (κ1) is 17.8. The van der Waals surface area contributed by atoms with Crippen LogP contribution in [-0.4, -0.2) is 64.6 Å². The van der Waals surface area contributed by atoms with Gasteiger partial charge < -0.3 is 14.8 Å². The smallest absolute Gasteiger partial charge is 0.0589 e. The van der Waals surface area contributed by atoms with Gasteiger partial charge in [-0.2, -0.15) is 0 Å². The molecule has 0 amide bonds. The molecule has 4 nitrogen and oxygen atoms in total. The summed E-state index contributed by atoms with van der Waals surface area (Å²) in [5, 5.41) is 3.58. The van der Waals surface area contributed by atoms with Crippen molar-refractivity contribution in [1.29, 1.82) is 0 Å². The first-order valence-electron chi connectivity index (χ1n) is 6.89. The van der Waals surface area contributed by atoms with Gasteiger partial charge in [0.25, 0.3) is 0 Å². The number of nitrogens with zero attached hydrogens (tertiary/aromatic N) is 1. The van der Waals surface area contributed by atoms with Gasteiger partial charge in [0.15, 0.2) is 0 Å². The maximum atomic E-state index is 5.18. The highest BCUT2D eigenvalue weighted by Crippen LogP contribution is 2.20. The maximum Gasteiger partial charge on any atom is 0.0589 e. The third-order valence-electron chi connectivity index (χ3n) is 3.16. The van der Waals surface area contributed by atoms with Gasteiger partial charge in [-0.3, -0.25) is 4.90 Å². The molecule has 1 atom stereocenters. The summed E-state index contributed by atoms with van der Waals surface area (Å²) in [5.74, 6) is 0. The van der Waals surface area contributed by atoms with Crippen molar-refractivity contribution in [2.24, 2.45) is 5.41 Å². The average Bonchev–Trinajstić information content (AvgIpc) is 2.30. The van der Waals surface area contributed by atoms with Gasteiger partial charge in [-0.1, -0.05) is 27.7 Å². The fraction of sp³-hybridized carbons (Fsp3) is 1.00. The third kappa shape index (κ3) is 8.03. The molecule has 0 radical (unpaired) electrons. The van der Waals surface area contributed by atoms with Gasteiger partial charge in [-0.15, -0.1) is 0 Å². The summed E-state index contributed by atoms with van der Waals surface area (Å²) < 4.78 is 10.4. The molecular formula is C14H32N2O2. The van der Waals surface area contributed by atoms with Gasteiger partial charge in [-0.25, -0.2) is 0 Å². The van der Waals surface area contributed by atoms with Gasteiger partial charge in [0.1, 0.15) is 0 Å². The van der Waals surface area contributed by atoms with Gasteiger partial charge in [0.05, 0.1) is 13.2 Å². The normalized spacial score (nSPS) is 14.2. The molecule has 4 heteroatoms. The molecule has 0 aliphatic carbocycles. The molecule has 0 aromatic heterocycles. The highest BCUT2D eigenvalue weighted by atomic mass is 16.5. The van der Waals surface area contributed by atoms with Crippen LogP contribution in [-0.2, 0) is 9.47 Å². The molecule has 0 saturated carbocycles. The lowest BCUT2D eigenvalue weighted by atomic mass is 9.86. The summed E-state index contributed by atoms with van der Waals surface area (Å²) in [7, 11) is 3.50. The molecule has 0 heterocycles. The zero-order chi connectivity index (χ0) is 14.0. The van der Waals surface area contributed by atoms with E-state index in [4.69, 9.17) is 9.47 Å². The van der Waals surface area contributed by atoms with E-state index in [-0.39, 0.29) is 5.41 Å². The van der Waals surface area contributed by atoms with Crippen LogP contribution in [0.15, 0.2) is 0 Å². The first-order chi connectivity index (χ1) is 8.45. The minimum Gasteiger partial charge on any atom is -0.383 e. The van der Waals surface area contributed by atoms with Crippen molar-refractivity contribution < 1.29 is 9.47 Å². The molecule has 0 rings (SSSR count). The summed E-state index contributed by atoms with van der Waals surface area (Å²) in [6.07, 6.45) is 0. The van der Waals surface area contributed by atoms with Crippen LogP contribution >= 0.6 is 0 Å². The topological polar surface area (TPSA) is 33.7 Å². The number of likely N-dealkylation sites (N-methyl/N-ethyl adjacent to an activating group) is 1. The molecule has 0 aliphatic heterocycles. The van der Waals surface area contributed by atoms with Gasteiger partial charge in [0, 0.05) is 39.9 Å². The molecule has 0 fully saturated rings. The second-order valence-corrected chi connectivity index (χ2v) is 5.76. The Morgan fingerprint density at radius 2 is 1.56 bits per heavy atom. The van der Waals surface area contributed by atoms with Crippen LogP contribution in [0.4, 0.5) is 0 Å². The Morgan fingerprint density at radius 3 is 1.89 bits per heavy atom. The molecular weight excluding hydrogens is 228 g/mol. The molecule has 0 aromatic rings. The second kappa shape index (κ2) is 9.73. The van der Waals surface area contributed by atoms with E-state index in [1.165, 1.54) is 0 Å². The Balaban J connectivity index is 4.37. The average molecular weight is 260 g/mol. The van der Waals surface area contributed by atoms with Crippen LogP contribution in [0.2, 0.25) is 0 Å². The zero-order valence-electron chi connectivity index (χ0n) is 13.1. The molecule has 0 saturated heterocycles. The highest BCUT2D eigenvalue weighted by Gasteiger charge is 2.25. The van der Waals surface area contributed by atoms with Crippen molar-refractivity contribution in [3.05, 3.63) is 0 Å². The fourth-order valence-electron chi connectivity index (χ4n) is 1.88. The van der Waals surface area contributed by atoms with Crippen molar-refractivity contribution in [3.63, 3.8) is 0 Å². The number of ether oxygens (including phenoxy) is 2. The van der Waals surface area contributed by atoms with E-state index in [1.807, 2.05) is 0 Å². The molecule has 0 aliphatic rings. The lowest BCUT2D eigenvalue weighted by Gasteiger charge is -2.36. The van der Waals surface area contributed by atoms with Crippen molar-refractivity contribution in [2.45, 2.75) is 33.7 Å². The lowest BCUT2D eigenvalue weighted by Crippen LogP contribution is -2.49.